The maximum absolute atomic E-state index is 12.3. The van der Waals surface area contributed by atoms with Crippen LogP contribution in [0.5, 0.6) is 0 Å². The van der Waals surface area contributed by atoms with Crippen LogP contribution in [0.4, 0.5) is 0 Å². The molecule has 1 aromatic heterocycles. The maximum atomic E-state index is 12.3. The van der Waals surface area contributed by atoms with Gasteiger partial charge in [-0.25, -0.2) is 0 Å². The number of carbonyl (C=O) groups is 1. The van der Waals surface area contributed by atoms with Gasteiger partial charge >= 0.3 is 0 Å². The number of rotatable bonds is 7. The summed E-state index contributed by atoms with van der Waals surface area (Å²) in [7, 11) is 0. The van der Waals surface area contributed by atoms with Crippen molar-refractivity contribution in [2.75, 3.05) is 39.5 Å². The smallest absolute Gasteiger partial charge is 0.233 e. The summed E-state index contributed by atoms with van der Waals surface area (Å²) in [5.74, 6) is 2.75. The van der Waals surface area contributed by atoms with Gasteiger partial charge in [0, 0.05) is 45.2 Å². The summed E-state index contributed by atoms with van der Waals surface area (Å²) in [4.78, 5) is 18.8. The Morgan fingerprint density at radius 2 is 1.92 bits per heavy atom. The van der Waals surface area contributed by atoms with Crippen molar-refractivity contribution >= 4 is 5.91 Å². The van der Waals surface area contributed by atoms with Crippen molar-refractivity contribution in [3.05, 3.63) is 11.7 Å². The van der Waals surface area contributed by atoms with E-state index in [1.165, 1.54) is 12.8 Å². The largest absolute Gasteiger partial charge is 0.381 e. The highest BCUT2D eigenvalue weighted by atomic mass is 16.5. The number of ether oxygens (including phenoxy) is 2. The van der Waals surface area contributed by atoms with Crippen molar-refractivity contribution in [2.45, 2.75) is 50.9 Å². The second kappa shape index (κ2) is 8.48. The van der Waals surface area contributed by atoms with Crippen LogP contribution in [-0.4, -0.2) is 60.5 Å². The lowest BCUT2D eigenvalue weighted by Crippen LogP contribution is -2.50. The number of likely N-dealkylation sites (tertiary alicyclic amines) is 1. The van der Waals surface area contributed by atoms with E-state index in [0.29, 0.717) is 36.6 Å². The molecular formula is C19H29N3O4. The predicted molar refractivity (Wildman–Crippen MR) is 93.6 cm³/mol. The molecule has 0 N–H and O–H groups in total. The van der Waals surface area contributed by atoms with Gasteiger partial charge in [0.05, 0.1) is 12.5 Å². The molecule has 0 spiro atoms. The lowest BCUT2D eigenvalue weighted by atomic mass is 9.96. The molecule has 3 fully saturated rings. The molecule has 0 aromatic carbocycles. The zero-order valence-corrected chi connectivity index (χ0v) is 15.4. The fourth-order valence-corrected chi connectivity index (χ4v) is 4.11. The summed E-state index contributed by atoms with van der Waals surface area (Å²) >= 11 is 0. The van der Waals surface area contributed by atoms with E-state index in [1.807, 2.05) is 4.90 Å². The standard InChI is InChI=1S/C19H29N3O4/c23-19(15-3-1-2-4-15)22-11-16(12-22)18-20-17(21-26-18)7-10-25-13-14-5-8-24-9-6-14/h14-16H,1-13H2. The monoisotopic (exact) mass is 363 g/mol. The van der Waals surface area contributed by atoms with E-state index < -0.39 is 0 Å². The molecule has 0 unspecified atom stereocenters. The number of carbonyl (C=O) groups excluding carboxylic acids is 1. The fourth-order valence-electron chi connectivity index (χ4n) is 4.11. The Kier molecular flexibility index (Phi) is 5.84. The minimum absolute atomic E-state index is 0.199. The molecule has 0 atom stereocenters. The van der Waals surface area contributed by atoms with Gasteiger partial charge in [0.1, 0.15) is 0 Å². The van der Waals surface area contributed by atoms with E-state index in [2.05, 4.69) is 10.1 Å². The van der Waals surface area contributed by atoms with Crippen molar-refractivity contribution in [2.24, 2.45) is 11.8 Å². The lowest BCUT2D eigenvalue weighted by molar-refractivity contribution is -0.140. The van der Waals surface area contributed by atoms with E-state index in [-0.39, 0.29) is 11.8 Å². The summed E-state index contributed by atoms with van der Waals surface area (Å²) in [5, 5.41) is 4.06. The number of nitrogens with zero attached hydrogens (tertiary/aromatic N) is 3. The molecule has 1 saturated carbocycles. The van der Waals surface area contributed by atoms with Crippen LogP contribution in [-0.2, 0) is 20.7 Å². The van der Waals surface area contributed by atoms with Gasteiger partial charge in [0.25, 0.3) is 0 Å². The van der Waals surface area contributed by atoms with Crippen molar-refractivity contribution in [1.82, 2.24) is 15.0 Å². The predicted octanol–water partition coefficient (Wildman–Crippen LogP) is 2.17. The minimum atomic E-state index is 0.199. The Bertz CT molecular complexity index is 587. The van der Waals surface area contributed by atoms with Gasteiger partial charge in [-0.3, -0.25) is 4.79 Å². The third kappa shape index (κ3) is 4.26. The van der Waals surface area contributed by atoms with Gasteiger partial charge in [-0.1, -0.05) is 18.0 Å². The normalized spacial score (nSPS) is 22.7. The Balaban J connectivity index is 1.15. The van der Waals surface area contributed by atoms with E-state index in [4.69, 9.17) is 14.0 Å². The van der Waals surface area contributed by atoms with Crippen LogP contribution in [0.15, 0.2) is 4.52 Å². The quantitative estimate of drug-likeness (QED) is 0.691. The zero-order chi connectivity index (χ0) is 17.8. The van der Waals surface area contributed by atoms with E-state index in [0.717, 1.165) is 58.6 Å². The molecule has 1 amide bonds. The maximum Gasteiger partial charge on any atom is 0.233 e. The molecule has 0 radical (unpaired) electrons. The molecule has 1 aliphatic carbocycles. The number of amides is 1. The van der Waals surface area contributed by atoms with Crippen LogP contribution in [0.1, 0.15) is 56.2 Å². The SMILES string of the molecule is O=C(C1CCCC1)N1CC(c2nc(CCOCC3CCOCC3)no2)C1. The molecule has 0 bridgehead atoms. The summed E-state index contributed by atoms with van der Waals surface area (Å²) < 4.78 is 16.5. The van der Waals surface area contributed by atoms with Gasteiger partial charge in [-0.05, 0) is 31.6 Å². The fraction of sp³-hybridized carbons (Fsp3) is 0.842. The van der Waals surface area contributed by atoms with Crippen LogP contribution in [0.2, 0.25) is 0 Å². The first-order valence-corrected chi connectivity index (χ1v) is 10.1. The number of hydrogen-bond acceptors (Lipinski definition) is 6. The van der Waals surface area contributed by atoms with Gasteiger partial charge in [0.15, 0.2) is 5.82 Å². The Labute approximate surface area is 154 Å². The van der Waals surface area contributed by atoms with Crippen molar-refractivity contribution in [3.8, 4) is 0 Å². The first kappa shape index (κ1) is 17.9. The second-order valence-corrected chi connectivity index (χ2v) is 7.85. The Morgan fingerprint density at radius 3 is 2.69 bits per heavy atom. The van der Waals surface area contributed by atoms with Crippen molar-refractivity contribution < 1.29 is 18.8 Å². The molecule has 2 saturated heterocycles. The van der Waals surface area contributed by atoms with Crippen LogP contribution < -0.4 is 0 Å². The third-order valence-electron chi connectivity index (χ3n) is 5.90. The highest BCUT2D eigenvalue weighted by Crippen LogP contribution is 2.32. The van der Waals surface area contributed by atoms with Crippen LogP contribution in [0.25, 0.3) is 0 Å². The second-order valence-electron chi connectivity index (χ2n) is 7.85. The molecule has 1 aromatic rings. The third-order valence-corrected chi connectivity index (χ3v) is 5.90. The van der Waals surface area contributed by atoms with Crippen LogP contribution in [0, 0.1) is 11.8 Å². The van der Waals surface area contributed by atoms with Gasteiger partial charge in [0.2, 0.25) is 11.8 Å². The van der Waals surface area contributed by atoms with Gasteiger partial charge in [-0.2, -0.15) is 4.98 Å². The molecule has 2 aliphatic heterocycles. The number of aromatic nitrogens is 2. The molecule has 3 aliphatic rings. The molecule has 7 heteroatoms. The van der Waals surface area contributed by atoms with Crippen molar-refractivity contribution in [1.29, 1.82) is 0 Å². The summed E-state index contributed by atoms with van der Waals surface area (Å²) in [6.07, 6.45) is 7.34. The highest BCUT2D eigenvalue weighted by Gasteiger charge is 2.38. The lowest BCUT2D eigenvalue weighted by Gasteiger charge is -2.38. The van der Waals surface area contributed by atoms with E-state index in [9.17, 15) is 4.79 Å². The van der Waals surface area contributed by atoms with E-state index >= 15 is 0 Å². The first-order chi connectivity index (χ1) is 12.8. The van der Waals surface area contributed by atoms with Gasteiger partial charge < -0.3 is 18.9 Å². The summed E-state index contributed by atoms with van der Waals surface area (Å²) in [6.45, 7) is 4.55. The average Bonchev–Trinajstić information content (AvgIpc) is 3.30. The van der Waals surface area contributed by atoms with E-state index in [1.54, 1.807) is 0 Å². The molecule has 4 rings (SSSR count). The average molecular weight is 363 g/mol. The molecule has 144 valence electrons. The van der Waals surface area contributed by atoms with Crippen LogP contribution >= 0.6 is 0 Å². The first-order valence-electron chi connectivity index (χ1n) is 10.1. The molecule has 3 heterocycles. The topological polar surface area (TPSA) is 77.7 Å². The summed E-state index contributed by atoms with van der Waals surface area (Å²) in [6, 6.07) is 0. The van der Waals surface area contributed by atoms with Crippen molar-refractivity contribution in [3.63, 3.8) is 0 Å². The minimum Gasteiger partial charge on any atom is -0.381 e. The zero-order valence-electron chi connectivity index (χ0n) is 15.4. The Morgan fingerprint density at radius 1 is 1.15 bits per heavy atom. The molecule has 26 heavy (non-hydrogen) atoms. The molecular weight excluding hydrogens is 334 g/mol. The highest BCUT2D eigenvalue weighted by molar-refractivity contribution is 5.80. The van der Waals surface area contributed by atoms with Crippen LogP contribution in [0.3, 0.4) is 0 Å². The number of hydrogen-bond donors (Lipinski definition) is 0. The summed E-state index contributed by atoms with van der Waals surface area (Å²) in [5.41, 5.74) is 0. The molecule has 7 nitrogen and oxygen atoms in total. The Hall–Kier alpha value is -1.47. The van der Waals surface area contributed by atoms with Gasteiger partial charge in [-0.15, -0.1) is 0 Å².